The summed E-state index contributed by atoms with van der Waals surface area (Å²) in [7, 11) is 0. The molecule has 0 radical (unpaired) electrons. The summed E-state index contributed by atoms with van der Waals surface area (Å²) in [5, 5.41) is 31.3. The van der Waals surface area contributed by atoms with E-state index in [0.717, 1.165) is 46.3 Å². The van der Waals surface area contributed by atoms with Crippen LogP contribution in [0.25, 0.3) is 11.1 Å². The Hall–Kier alpha value is -3.60. The van der Waals surface area contributed by atoms with Gasteiger partial charge in [-0.1, -0.05) is 79.7 Å². The van der Waals surface area contributed by atoms with Crippen molar-refractivity contribution in [2.45, 2.75) is 70.4 Å². The molecule has 9 heteroatoms. The van der Waals surface area contributed by atoms with E-state index in [1.165, 1.54) is 0 Å². The van der Waals surface area contributed by atoms with Gasteiger partial charge in [-0.2, -0.15) is 0 Å². The van der Waals surface area contributed by atoms with Crippen LogP contribution < -0.4 is 5.32 Å². The van der Waals surface area contributed by atoms with Gasteiger partial charge in [-0.15, -0.1) is 0 Å². The van der Waals surface area contributed by atoms with Gasteiger partial charge < -0.3 is 30.1 Å². The number of aliphatic hydroxyl groups excluding tert-OH is 2. The van der Waals surface area contributed by atoms with E-state index in [4.69, 9.17) is 14.6 Å². The van der Waals surface area contributed by atoms with Crippen LogP contribution in [0.15, 0.2) is 72.8 Å². The maximum atomic E-state index is 12.2. The summed E-state index contributed by atoms with van der Waals surface area (Å²) in [4.78, 5) is 25.2. The molecule has 44 heavy (non-hydrogen) atoms. The normalized spacial score (nSPS) is 23.8. The van der Waals surface area contributed by atoms with Gasteiger partial charge in [-0.05, 0) is 40.7 Å². The molecule has 0 bridgehead atoms. The van der Waals surface area contributed by atoms with E-state index in [9.17, 15) is 19.8 Å². The van der Waals surface area contributed by atoms with Gasteiger partial charge in [0, 0.05) is 50.5 Å². The predicted octanol–water partition coefficient (Wildman–Crippen LogP) is 4.58. The Kier molecular flexibility index (Phi) is 10.8. The fourth-order valence-electron chi connectivity index (χ4n) is 6.02. The molecule has 4 N–H and O–H groups in total. The molecule has 2 saturated heterocycles. The summed E-state index contributed by atoms with van der Waals surface area (Å²) in [5.74, 6) is -1.01. The number of rotatable bonds is 12. The van der Waals surface area contributed by atoms with E-state index in [1.54, 1.807) is 0 Å². The second-order valence-electron chi connectivity index (χ2n) is 11.8. The number of carboxylic acid groups (broad SMARTS) is 1. The van der Waals surface area contributed by atoms with Crippen LogP contribution in [0.2, 0.25) is 0 Å². The van der Waals surface area contributed by atoms with Crippen LogP contribution in [0.4, 0.5) is 0 Å². The number of nitrogens with zero attached hydrogens (tertiary/aromatic N) is 1. The van der Waals surface area contributed by atoms with Crippen molar-refractivity contribution in [3.05, 3.63) is 95.1 Å². The minimum atomic E-state index is -0.903. The van der Waals surface area contributed by atoms with Crippen LogP contribution in [0.5, 0.6) is 0 Å². The van der Waals surface area contributed by atoms with Crippen molar-refractivity contribution in [2.24, 2.45) is 5.92 Å². The van der Waals surface area contributed by atoms with E-state index >= 15 is 0 Å². The number of amides is 1. The lowest BCUT2D eigenvalue weighted by Gasteiger charge is -2.42. The molecule has 2 aliphatic rings. The second-order valence-corrected chi connectivity index (χ2v) is 11.8. The number of carboxylic acids is 1. The molecule has 5 rings (SSSR count). The van der Waals surface area contributed by atoms with Gasteiger partial charge in [-0.25, -0.2) is 0 Å². The van der Waals surface area contributed by atoms with Crippen molar-refractivity contribution in [3.8, 4) is 11.1 Å². The number of ether oxygens (including phenoxy) is 2. The zero-order chi connectivity index (χ0) is 31.1. The van der Waals surface area contributed by atoms with Crippen molar-refractivity contribution in [1.82, 2.24) is 10.2 Å². The van der Waals surface area contributed by atoms with Gasteiger partial charge in [0.25, 0.3) is 0 Å². The molecule has 5 atom stereocenters. The lowest BCUT2D eigenvalue weighted by Crippen LogP contribution is -2.44. The molecule has 9 nitrogen and oxygen atoms in total. The van der Waals surface area contributed by atoms with E-state index < -0.39 is 12.3 Å². The molecule has 0 aromatic heterocycles. The van der Waals surface area contributed by atoms with Crippen LogP contribution >= 0.6 is 0 Å². The first-order chi connectivity index (χ1) is 21.3. The summed E-state index contributed by atoms with van der Waals surface area (Å²) in [6.07, 6.45) is 0.0233. The summed E-state index contributed by atoms with van der Waals surface area (Å²) in [6.45, 7) is 4.67. The van der Waals surface area contributed by atoms with E-state index in [0.29, 0.717) is 26.1 Å². The Balaban J connectivity index is 1.31. The number of hydrogen-bond acceptors (Lipinski definition) is 7. The Morgan fingerprint density at radius 3 is 2.36 bits per heavy atom. The highest BCUT2D eigenvalue weighted by Gasteiger charge is 2.39. The third kappa shape index (κ3) is 8.11. The van der Waals surface area contributed by atoms with Crippen molar-refractivity contribution in [2.75, 3.05) is 19.6 Å². The van der Waals surface area contributed by atoms with Crippen molar-refractivity contribution >= 4 is 11.9 Å². The molecule has 0 spiro atoms. The van der Waals surface area contributed by atoms with Crippen LogP contribution in [0, 0.1) is 5.92 Å². The maximum Gasteiger partial charge on any atom is 0.303 e. The van der Waals surface area contributed by atoms with Crippen LogP contribution in [-0.2, 0) is 32.2 Å². The molecule has 1 amide bonds. The highest BCUT2D eigenvalue weighted by atomic mass is 16.7. The van der Waals surface area contributed by atoms with E-state index in [2.05, 4.69) is 17.1 Å². The molecular formula is C35H42N2O7. The summed E-state index contributed by atoms with van der Waals surface area (Å²) >= 11 is 0. The van der Waals surface area contributed by atoms with E-state index in [-0.39, 0.29) is 49.6 Å². The number of aliphatic carboxylic acids is 1. The lowest BCUT2D eigenvalue weighted by molar-refractivity contribution is -0.276. The van der Waals surface area contributed by atoms with Gasteiger partial charge in [0.1, 0.15) is 0 Å². The summed E-state index contributed by atoms with van der Waals surface area (Å²) < 4.78 is 13.2. The highest BCUT2D eigenvalue weighted by Crippen LogP contribution is 2.42. The van der Waals surface area contributed by atoms with Crippen molar-refractivity contribution in [1.29, 1.82) is 0 Å². The number of carbonyl (C=O) groups excluding carboxylic acids is 1. The molecule has 0 aliphatic carbocycles. The third-order valence-corrected chi connectivity index (χ3v) is 8.59. The number of carbonyl (C=O) groups is 2. The molecule has 234 valence electrons. The fraction of sp³-hybridized carbons (Fsp3) is 0.429. The summed E-state index contributed by atoms with van der Waals surface area (Å²) in [6, 6.07) is 23.8. The van der Waals surface area contributed by atoms with Crippen LogP contribution in [0.3, 0.4) is 0 Å². The van der Waals surface area contributed by atoms with Crippen molar-refractivity contribution < 1.29 is 34.4 Å². The fourth-order valence-corrected chi connectivity index (χ4v) is 6.02. The van der Waals surface area contributed by atoms with Gasteiger partial charge in [0.2, 0.25) is 5.91 Å². The molecular weight excluding hydrogens is 560 g/mol. The number of benzene rings is 3. The Bertz CT molecular complexity index is 1390. The zero-order valence-corrected chi connectivity index (χ0v) is 25.1. The standard InChI is InChI=1S/C35H42N2O7/c1-23-31(21-37-18-17-29(39)20-37)43-35(44-34(23)26-11-9-24(22-38)10-12-26)27-15-13-25(14-16-27)30-6-3-2-5-28(30)19-36-32(40)7-4-8-33(41)42/h2-3,5-6,9-16,23,29,31,34-35,38-39H,4,7-8,17-22H2,1H3,(H,36,40)(H,41,42)/t23-,29+,31+,34+,35+/m1/s1. The van der Waals surface area contributed by atoms with Crippen molar-refractivity contribution in [3.63, 3.8) is 0 Å². The first-order valence-electron chi connectivity index (χ1n) is 15.4. The predicted molar refractivity (Wildman–Crippen MR) is 165 cm³/mol. The lowest BCUT2D eigenvalue weighted by atomic mass is 9.90. The topological polar surface area (TPSA) is 129 Å². The Morgan fingerprint density at radius 1 is 0.955 bits per heavy atom. The van der Waals surface area contributed by atoms with Crippen LogP contribution in [-0.4, -0.2) is 63.9 Å². The first kappa shape index (κ1) is 31.8. The highest BCUT2D eigenvalue weighted by molar-refractivity contribution is 5.77. The number of nitrogens with one attached hydrogen (secondary N) is 1. The molecule has 2 aliphatic heterocycles. The summed E-state index contributed by atoms with van der Waals surface area (Å²) in [5.41, 5.74) is 5.73. The SMILES string of the molecule is C[C@@H]1[C@H](CN2CC[C@H](O)C2)O[C@H](c2ccc(-c3ccccc3CNC(=O)CCCC(=O)O)cc2)O[C@@H]1c1ccc(CO)cc1. The smallest absolute Gasteiger partial charge is 0.303 e. The monoisotopic (exact) mass is 602 g/mol. The Morgan fingerprint density at radius 2 is 1.68 bits per heavy atom. The average Bonchev–Trinajstić information content (AvgIpc) is 3.45. The quantitative estimate of drug-likeness (QED) is 0.237. The third-order valence-electron chi connectivity index (χ3n) is 8.59. The maximum absolute atomic E-state index is 12.2. The minimum absolute atomic E-state index is 0.0123. The number of likely N-dealkylation sites (tertiary alicyclic amines) is 1. The molecule has 0 saturated carbocycles. The van der Waals surface area contributed by atoms with Gasteiger partial charge in [-0.3, -0.25) is 14.5 Å². The second kappa shape index (κ2) is 14.9. The Labute approximate surface area is 258 Å². The number of hydrogen-bond donors (Lipinski definition) is 4. The zero-order valence-electron chi connectivity index (χ0n) is 25.1. The average molecular weight is 603 g/mol. The molecule has 2 fully saturated rings. The number of aliphatic hydroxyl groups is 2. The molecule has 2 heterocycles. The molecule has 0 unspecified atom stereocenters. The largest absolute Gasteiger partial charge is 0.481 e. The van der Waals surface area contributed by atoms with Gasteiger partial charge >= 0.3 is 5.97 Å². The minimum Gasteiger partial charge on any atom is -0.481 e. The first-order valence-corrected chi connectivity index (χ1v) is 15.4. The van der Waals surface area contributed by atoms with Gasteiger partial charge in [0.15, 0.2) is 6.29 Å². The molecule has 3 aromatic carbocycles. The number of β-amino-alcohol motifs (C(OH)–C–C–N with tert-alkyl or cyclic N) is 1. The van der Waals surface area contributed by atoms with Crippen LogP contribution in [0.1, 0.15) is 67.3 Å². The van der Waals surface area contributed by atoms with Gasteiger partial charge in [0.05, 0.1) is 24.9 Å². The molecule has 3 aromatic rings. The van der Waals surface area contributed by atoms with E-state index in [1.807, 2.05) is 72.8 Å².